The highest BCUT2D eigenvalue weighted by molar-refractivity contribution is 8.29. The monoisotopic (exact) mass is 344 g/mol. The molecule has 0 spiro atoms. The van der Waals surface area contributed by atoms with Gasteiger partial charge < -0.3 is 4.18 Å². The van der Waals surface area contributed by atoms with Crippen LogP contribution in [-0.2, 0) is 4.18 Å². The normalized spacial score (nSPS) is 31.1. The first kappa shape index (κ1) is 21.4. The van der Waals surface area contributed by atoms with Crippen LogP contribution in [-0.4, -0.2) is 23.4 Å². The molecule has 4 unspecified atom stereocenters. The van der Waals surface area contributed by atoms with E-state index in [2.05, 4.69) is 48.5 Å². The fraction of sp³-hybridized carbons (Fsp3) is 1.00. The third-order valence-electron chi connectivity index (χ3n) is 6.91. The average molecular weight is 345 g/mol. The van der Waals surface area contributed by atoms with Crippen molar-refractivity contribution in [2.75, 3.05) is 17.3 Å². The average Bonchev–Trinajstić information content (AvgIpc) is 2.57. The molecular formula is C21H44OS. The standard InChI is InChI=1S/C21H44OS/c1-8-15-18(9-2)21(7)17-14-16-20(19(21)10-3)22-23(11-4,12-5)13-6/h18-20H,8-17H2,1-7H3. The highest BCUT2D eigenvalue weighted by Gasteiger charge is 2.46. The Balaban J connectivity index is 3.01. The number of hydrogen-bond donors (Lipinski definition) is 0. The lowest BCUT2D eigenvalue weighted by Crippen LogP contribution is -2.46. The summed E-state index contributed by atoms with van der Waals surface area (Å²) in [4.78, 5) is 0. The predicted molar refractivity (Wildman–Crippen MR) is 109 cm³/mol. The molecule has 0 aromatic heterocycles. The highest BCUT2D eigenvalue weighted by atomic mass is 32.3. The van der Waals surface area contributed by atoms with Crippen molar-refractivity contribution in [3.05, 3.63) is 0 Å². The second-order valence-electron chi connectivity index (χ2n) is 7.77. The Morgan fingerprint density at radius 2 is 1.65 bits per heavy atom. The van der Waals surface area contributed by atoms with E-state index in [0.29, 0.717) is 11.5 Å². The van der Waals surface area contributed by atoms with Gasteiger partial charge in [-0.15, -0.1) is 10.3 Å². The summed E-state index contributed by atoms with van der Waals surface area (Å²) in [6.45, 7) is 16.8. The molecule has 1 rings (SSSR count). The van der Waals surface area contributed by atoms with Gasteiger partial charge in [0.1, 0.15) is 0 Å². The zero-order valence-corrected chi connectivity index (χ0v) is 17.9. The smallest absolute Gasteiger partial charge is 0.0734 e. The molecule has 1 aliphatic carbocycles. The molecule has 140 valence electrons. The molecule has 0 saturated heterocycles. The summed E-state index contributed by atoms with van der Waals surface area (Å²) in [6, 6.07) is 0. The Kier molecular flexibility index (Phi) is 9.01. The van der Waals surface area contributed by atoms with Gasteiger partial charge in [0.15, 0.2) is 0 Å². The summed E-state index contributed by atoms with van der Waals surface area (Å²) < 4.78 is 6.98. The van der Waals surface area contributed by atoms with Crippen molar-refractivity contribution >= 4 is 10.3 Å². The minimum Gasteiger partial charge on any atom is -0.333 e. The van der Waals surface area contributed by atoms with Gasteiger partial charge in [-0.25, -0.2) is 0 Å². The van der Waals surface area contributed by atoms with Gasteiger partial charge in [0.05, 0.1) is 6.10 Å². The van der Waals surface area contributed by atoms with Gasteiger partial charge in [0.2, 0.25) is 0 Å². The summed E-state index contributed by atoms with van der Waals surface area (Å²) in [7, 11) is -0.848. The van der Waals surface area contributed by atoms with Crippen LogP contribution in [0.15, 0.2) is 0 Å². The molecule has 1 nitrogen and oxygen atoms in total. The first-order valence-electron chi connectivity index (χ1n) is 10.4. The van der Waals surface area contributed by atoms with Crippen molar-refractivity contribution in [1.82, 2.24) is 0 Å². The number of rotatable bonds is 10. The maximum atomic E-state index is 6.98. The molecule has 0 radical (unpaired) electrons. The molecule has 2 heteroatoms. The van der Waals surface area contributed by atoms with Gasteiger partial charge in [0, 0.05) is 0 Å². The zero-order chi connectivity index (χ0) is 17.5. The van der Waals surface area contributed by atoms with E-state index >= 15 is 0 Å². The lowest BCUT2D eigenvalue weighted by molar-refractivity contribution is -0.0400. The van der Waals surface area contributed by atoms with Gasteiger partial charge >= 0.3 is 0 Å². The lowest BCUT2D eigenvalue weighted by Gasteiger charge is -2.53. The molecule has 0 aromatic rings. The molecule has 1 saturated carbocycles. The van der Waals surface area contributed by atoms with Crippen molar-refractivity contribution in [3.63, 3.8) is 0 Å². The van der Waals surface area contributed by atoms with Gasteiger partial charge in [0.25, 0.3) is 0 Å². The Labute approximate surface area is 148 Å². The summed E-state index contributed by atoms with van der Waals surface area (Å²) in [5, 5.41) is 0. The van der Waals surface area contributed by atoms with Crippen molar-refractivity contribution in [3.8, 4) is 0 Å². The molecule has 0 N–H and O–H groups in total. The second kappa shape index (κ2) is 9.70. The fourth-order valence-corrected chi connectivity index (χ4v) is 7.66. The molecule has 0 aromatic carbocycles. The Hall–Kier alpha value is 0.310. The Morgan fingerprint density at radius 3 is 2.09 bits per heavy atom. The van der Waals surface area contributed by atoms with Crippen LogP contribution < -0.4 is 0 Å². The van der Waals surface area contributed by atoms with Gasteiger partial charge in [-0.05, 0) is 47.4 Å². The molecule has 1 fully saturated rings. The predicted octanol–water partition coefficient (Wildman–Crippen LogP) is 7.19. The first-order valence-corrected chi connectivity index (χ1v) is 12.5. The topological polar surface area (TPSA) is 9.23 Å². The highest BCUT2D eigenvalue weighted by Crippen LogP contribution is 2.57. The summed E-state index contributed by atoms with van der Waals surface area (Å²) in [6.07, 6.45) is 9.93. The van der Waals surface area contributed by atoms with E-state index in [9.17, 15) is 0 Å². The van der Waals surface area contributed by atoms with E-state index in [4.69, 9.17) is 4.18 Å². The molecule has 0 aliphatic heterocycles. The maximum absolute atomic E-state index is 6.98. The summed E-state index contributed by atoms with van der Waals surface area (Å²) >= 11 is 0. The van der Waals surface area contributed by atoms with Crippen molar-refractivity contribution in [1.29, 1.82) is 0 Å². The van der Waals surface area contributed by atoms with Crippen molar-refractivity contribution in [2.24, 2.45) is 17.3 Å². The molecule has 23 heavy (non-hydrogen) atoms. The van der Waals surface area contributed by atoms with Gasteiger partial charge in [-0.1, -0.05) is 80.6 Å². The molecule has 1 aliphatic rings. The maximum Gasteiger partial charge on any atom is 0.0734 e. The van der Waals surface area contributed by atoms with E-state index in [1.54, 1.807) is 0 Å². The Morgan fingerprint density at radius 1 is 1.04 bits per heavy atom. The quantitative estimate of drug-likeness (QED) is 0.407. The molecule has 0 heterocycles. The molecule has 0 amide bonds. The van der Waals surface area contributed by atoms with E-state index in [0.717, 1.165) is 11.8 Å². The number of hydrogen-bond acceptors (Lipinski definition) is 1. The largest absolute Gasteiger partial charge is 0.333 e. The molecule has 4 atom stereocenters. The van der Waals surface area contributed by atoms with Crippen LogP contribution in [0.25, 0.3) is 0 Å². The van der Waals surface area contributed by atoms with Crippen molar-refractivity contribution in [2.45, 2.75) is 99.5 Å². The van der Waals surface area contributed by atoms with E-state index in [-0.39, 0.29) is 0 Å². The van der Waals surface area contributed by atoms with Crippen molar-refractivity contribution < 1.29 is 4.18 Å². The van der Waals surface area contributed by atoms with Crippen LogP contribution in [0, 0.1) is 17.3 Å². The lowest BCUT2D eigenvalue weighted by atomic mass is 9.57. The summed E-state index contributed by atoms with van der Waals surface area (Å²) in [5.74, 6) is 5.32. The minimum atomic E-state index is -0.848. The van der Waals surface area contributed by atoms with Crippen LogP contribution in [0.2, 0.25) is 0 Å². The zero-order valence-electron chi connectivity index (χ0n) is 17.1. The van der Waals surface area contributed by atoms with E-state index in [1.807, 2.05) is 0 Å². The first-order chi connectivity index (χ1) is 11.0. The summed E-state index contributed by atoms with van der Waals surface area (Å²) in [5.41, 5.74) is 0.489. The third-order valence-corrected chi connectivity index (χ3v) is 10.7. The fourth-order valence-electron chi connectivity index (χ4n) is 5.27. The van der Waals surface area contributed by atoms with E-state index in [1.165, 1.54) is 62.2 Å². The van der Waals surface area contributed by atoms with Crippen LogP contribution in [0.4, 0.5) is 0 Å². The SMILES string of the molecule is CCCC(CC)C1(C)CCCC(OS(CC)(CC)CC)C1CC. The van der Waals surface area contributed by atoms with E-state index < -0.39 is 10.3 Å². The van der Waals surface area contributed by atoms with Crippen LogP contribution in [0.5, 0.6) is 0 Å². The van der Waals surface area contributed by atoms with Gasteiger partial charge in [-0.2, -0.15) is 0 Å². The van der Waals surface area contributed by atoms with Gasteiger partial charge in [-0.3, -0.25) is 0 Å². The Bertz CT molecular complexity index is 318. The third kappa shape index (κ3) is 4.69. The second-order valence-corrected chi connectivity index (χ2v) is 11.6. The molecular weight excluding hydrogens is 300 g/mol. The van der Waals surface area contributed by atoms with Crippen LogP contribution in [0.3, 0.4) is 0 Å². The van der Waals surface area contributed by atoms with Crippen LogP contribution in [0.1, 0.15) is 93.4 Å². The molecule has 0 bridgehead atoms. The van der Waals surface area contributed by atoms with Crippen LogP contribution >= 0.6 is 10.3 Å². The minimum absolute atomic E-state index is 0.489.